The van der Waals surface area contributed by atoms with Gasteiger partial charge in [0.1, 0.15) is 5.82 Å². The van der Waals surface area contributed by atoms with E-state index in [2.05, 4.69) is 63.6 Å². The Morgan fingerprint density at radius 1 is 1.25 bits per heavy atom. The Morgan fingerprint density at radius 2 is 2.04 bits per heavy atom. The van der Waals surface area contributed by atoms with Crippen molar-refractivity contribution in [1.82, 2.24) is 20.8 Å². The molecule has 2 aromatic rings. The summed E-state index contributed by atoms with van der Waals surface area (Å²) < 4.78 is 5.37. The van der Waals surface area contributed by atoms with Gasteiger partial charge in [-0.3, -0.25) is 0 Å². The molecule has 0 aliphatic carbocycles. The molecule has 0 bridgehead atoms. The highest BCUT2D eigenvalue weighted by molar-refractivity contribution is 14.0. The first-order valence-electron chi connectivity index (χ1n) is 9.83. The normalized spacial score (nSPS) is 14.3. The number of rotatable bonds is 7. The van der Waals surface area contributed by atoms with Gasteiger partial charge in [-0.15, -0.1) is 24.0 Å². The molecule has 0 radical (unpaired) electrons. The Bertz CT molecular complexity index is 737. The Labute approximate surface area is 184 Å². The molecule has 2 aromatic heterocycles. The van der Waals surface area contributed by atoms with E-state index < -0.39 is 0 Å². The lowest BCUT2D eigenvalue weighted by Gasteiger charge is -2.16. The first-order chi connectivity index (χ1) is 13.2. The van der Waals surface area contributed by atoms with E-state index in [0.29, 0.717) is 19.0 Å². The molecule has 0 aromatic carbocycles. The molecule has 0 atom stereocenters. The van der Waals surface area contributed by atoms with E-state index in [1.165, 1.54) is 12.8 Å². The number of hydrogen-bond acceptors (Lipinski definition) is 5. The minimum absolute atomic E-state index is 0. The first-order valence-corrected chi connectivity index (χ1v) is 9.83. The van der Waals surface area contributed by atoms with Crippen LogP contribution < -0.4 is 15.5 Å². The van der Waals surface area contributed by atoms with Gasteiger partial charge in [-0.25, -0.2) is 9.98 Å². The van der Waals surface area contributed by atoms with Crippen LogP contribution in [0.5, 0.6) is 0 Å². The molecule has 1 aliphatic rings. The van der Waals surface area contributed by atoms with Gasteiger partial charge in [0.05, 0.1) is 18.8 Å². The number of guanidine groups is 1. The van der Waals surface area contributed by atoms with Gasteiger partial charge in [0.2, 0.25) is 0 Å². The number of aliphatic imine (C=N–C) groups is 1. The fraction of sp³-hybridized carbons (Fsp3) is 0.550. The van der Waals surface area contributed by atoms with Crippen molar-refractivity contribution < 1.29 is 4.52 Å². The fourth-order valence-corrected chi connectivity index (χ4v) is 3.01. The smallest absolute Gasteiger partial charge is 0.191 e. The van der Waals surface area contributed by atoms with Crippen LogP contribution in [0.3, 0.4) is 0 Å². The maximum absolute atomic E-state index is 5.37. The molecule has 28 heavy (non-hydrogen) atoms. The molecule has 1 fully saturated rings. The van der Waals surface area contributed by atoms with Crippen LogP contribution in [0.25, 0.3) is 0 Å². The summed E-state index contributed by atoms with van der Waals surface area (Å²) in [5, 5.41) is 10.6. The van der Waals surface area contributed by atoms with Crippen LogP contribution in [0, 0.1) is 0 Å². The van der Waals surface area contributed by atoms with Crippen molar-refractivity contribution in [3.63, 3.8) is 0 Å². The molecule has 1 aliphatic heterocycles. The zero-order chi connectivity index (χ0) is 19.1. The third-order valence-corrected chi connectivity index (χ3v) is 4.60. The molecule has 2 N–H and O–H groups in total. The summed E-state index contributed by atoms with van der Waals surface area (Å²) in [5.41, 5.74) is 2.06. The summed E-state index contributed by atoms with van der Waals surface area (Å²) in [6.45, 7) is 10.4. The second-order valence-corrected chi connectivity index (χ2v) is 7.14. The van der Waals surface area contributed by atoms with Crippen LogP contribution in [0.15, 0.2) is 33.9 Å². The number of nitrogens with one attached hydrogen (secondary N) is 2. The largest absolute Gasteiger partial charge is 0.359 e. The van der Waals surface area contributed by atoms with Gasteiger partial charge in [0, 0.05) is 31.9 Å². The summed E-state index contributed by atoms with van der Waals surface area (Å²) >= 11 is 0. The number of hydrogen-bond donors (Lipinski definition) is 2. The third kappa shape index (κ3) is 6.35. The minimum Gasteiger partial charge on any atom is -0.359 e. The van der Waals surface area contributed by atoms with Crippen LogP contribution in [0.2, 0.25) is 0 Å². The number of pyridine rings is 1. The van der Waals surface area contributed by atoms with E-state index >= 15 is 0 Å². The second-order valence-electron chi connectivity index (χ2n) is 7.14. The lowest BCUT2D eigenvalue weighted by molar-refractivity contribution is 0.372. The molecule has 3 heterocycles. The summed E-state index contributed by atoms with van der Waals surface area (Å²) in [7, 11) is 0. The highest BCUT2D eigenvalue weighted by Crippen LogP contribution is 2.18. The SMILES string of the molecule is CCNC(=NCc1ccc(N2CCCC2)nc1)NCc1cc(C(C)C)no1.I. The lowest BCUT2D eigenvalue weighted by atomic mass is 10.1. The molecule has 8 heteroatoms. The van der Waals surface area contributed by atoms with Crippen molar-refractivity contribution in [2.24, 2.45) is 4.99 Å². The predicted octanol–water partition coefficient (Wildman–Crippen LogP) is 3.67. The van der Waals surface area contributed by atoms with Gasteiger partial charge >= 0.3 is 0 Å². The van der Waals surface area contributed by atoms with Crippen LogP contribution >= 0.6 is 24.0 Å². The van der Waals surface area contributed by atoms with Gasteiger partial charge in [0.15, 0.2) is 11.7 Å². The molecule has 0 saturated carbocycles. The quantitative estimate of drug-likeness (QED) is 0.345. The van der Waals surface area contributed by atoms with Crippen molar-refractivity contribution in [2.75, 3.05) is 24.5 Å². The highest BCUT2D eigenvalue weighted by atomic mass is 127. The zero-order valence-corrected chi connectivity index (χ0v) is 19.3. The Balaban J connectivity index is 0.00000280. The number of aromatic nitrogens is 2. The third-order valence-electron chi connectivity index (χ3n) is 4.60. The molecule has 0 unspecified atom stereocenters. The number of nitrogens with zero attached hydrogens (tertiary/aromatic N) is 4. The van der Waals surface area contributed by atoms with Crippen LogP contribution in [0.4, 0.5) is 5.82 Å². The molecule has 3 rings (SSSR count). The molecule has 7 nitrogen and oxygen atoms in total. The molecule has 154 valence electrons. The van der Waals surface area contributed by atoms with E-state index in [1.54, 1.807) is 0 Å². The van der Waals surface area contributed by atoms with Crippen LogP contribution in [-0.4, -0.2) is 35.7 Å². The van der Waals surface area contributed by atoms with Crippen molar-refractivity contribution in [3.05, 3.63) is 41.4 Å². The zero-order valence-electron chi connectivity index (χ0n) is 16.9. The van der Waals surface area contributed by atoms with Crippen molar-refractivity contribution in [2.45, 2.75) is 52.6 Å². The highest BCUT2D eigenvalue weighted by Gasteiger charge is 2.13. The van der Waals surface area contributed by atoms with Gasteiger partial charge in [-0.1, -0.05) is 25.1 Å². The van der Waals surface area contributed by atoms with Gasteiger partial charge in [-0.2, -0.15) is 0 Å². The second kappa shape index (κ2) is 11.2. The molecule has 1 saturated heterocycles. The predicted molar refractivity (Wildman–Crippen MR) is 123 cm³/mol. The summed E-state index contributed by atoms with van der Waals surface area (Å²) in [6.07, 6.45) is 4.44. The monoisotopic (exact) mass is 498 g/mol. The van der Waals surface area contributed by atoms with Gasteiger partial charge < -0.3 is 20.1 Å². The topological polar surface area (TPSA) is 78.6 Å². The summed E-state index contributed by atoms with van der Waals surface area (Å²) in [4.78, 5) is 11.6. The first kappa shape index (κ1) is 22.4. The van der Waals surface area contributed by atoms with Gasteiger partial charge in [-0.05, 0) is 37.3 Å². The molecular formula is C20H31IN6O. The Kier molecular flexibility index (Phi) is 9.01. The maximum Gasteiger partial charge on any atom is 0.191 e. The standard InChI is InChI=1S/C20H30N6O.HI/c1-4-21-20(24-14-17-11-18(15(2)3)25-27-17)23-13-16-7-8-19(22-12-16)26-9-5-6-10-26;/h7-8,11-12,15H,4-6,9-10,13-14H2,1-3H3,(H2,21,23,24);1H. The molecule has 0 spiro atoms. The minimum atomic E-state index is 0. The van der Waals surface area contributed by atoms with E-state index in [0.717, 1.165) is 48.4 Å². The number of halogens is 1. The van der Waals surface area contributed by atoms with Crippen LogP contribution in [-0.2, 0) is 13.1 Å². The fourth-order valence-electron chi connectivity index (χ4n) is 3.01. The van der Waals surface area contributed by atoms with Gasteiger partial charge in [0.25, 0.3) is 0 Å². The van der Waals surface area contributed by atoms with Crippen molar-refractivity contribution in [3.8, 4) is 0 Å². The van der Waals surface area contributed by atoms with Crippen molar-refractivity contribution >= 4 is 35.8 Å². The Hall–Kier alpha value is -1.84. The average molecular weight is 498 g/mol. The van der Waals surface area contributed by atoms with E-state index in [-0.39, 0.29) is 24.0 Å². The maximum atomic E-state index is 5.37. The van der Waals surface area contributed by atoms with E-state index in [1.807, 2.05) is 12.3 Å². The summed E-state index contributed by atoms with van der Waals surface area (Å²) in [5.74, 6) is 2.99. The average Bonchev–Trinajstić information content (AvgIpc) is 3.36. The lowest BCUT2D eigenvalue weighted by Crippen LogP contribution is -2.36. The molecule has 0 amide bonds. The van der Waals surface area contributed by atoms with Crippen LogP contribution in [0.1, 0.15) is 56.5 Å². The van der Waals surface area contributed by atoms with Crippen molar-refractivity contribution in [1.29, 1.82) is 0 Å². The van der Waals surface area contributed by atoms with E-state index in [9.17, 15) is 0 Å². The Morgan fingerprint density at radius 3 is 2.64 bits per heavy atom. The summed E-state index contributed by atoms with van der Waals surface area (Å²) in [6, 6.07) is 6.19. The number of anilines is 1. The van der Waals surface area contributed by atoms with E-state index in [4.69, 9.17) is 4.52 Å². The molecular weight excluding hydrogens is 467 g/mol.